The molecule has 0 radical (unpaired) electrons. The minimum absolute atomic E-state index is 0.0958. The highest BCUT2D eigenvalue weighted by Gasteiger charge is 2.11. The molecule has 0 aliphatic carbocycles. The summed E-state index contributed by atoms with van der Waals surface area (Å²) >= 11 is 5.85. The van der Waals surface area contributed by atoms with E-state index in [4.69, 9.17) is 16.7 Å². The summed E-state index contributed by atoms with van der Waals surface area (Å²) in [6.07, 6.45) is 1.08. The number of aromatic hydroxyl groups is 1. The van der Waals surface area contributed by atoms with Crippen molar-refractivity contribution in [3.8, 4) is 5.75 Å². The molecule has 104 valence electrons. The van der Waals surface area contributed by atoms with Gasteiger partial charge >= 0.3 is 0 Å². The molecule has 0 spiro atoms. The number of benzene rings is 1. The summed E-state index contributed by atoms with van der Waals surface area (Å²) < 4.78 is 13.1. The molecule has 1 heterocycles. The average molecular weight is 298 g/mol. The Bertz CT molecular complexity index is 666. The van der Waals surface area contributed by atoms with Gasteiger partial charge in [-0.1, -0.05) is 17.7 Å². The highest BCUT2D eigenvalue weighted by Crippen LogP contribution is 2.24. The van der Waals surface area contributed by atoms with E-state index in [1.807, 2.05) is 0 Å². The van der Waals surface area contributed by atoms with Crippen LogP contribution in [0.2, 0.25) is 5.02 Å². The quantitative estimate of drug-likeness (QED) is 0.668. The van der Waals surface area contributed by atoms with Gasteiger partial charge in [0.05, 0.1) is 9.95 Å². The van der Waals surface area contributed by atoms with Crippen LogP contribution in [0.3, 0.4) is 0 Å². The van der Waals surface area contributed by atoms with Gasteiger partial charge in [-0.15, -0.1) is 0 Å². The van der Waals surface area contributed by atoms with Crippen molar-refractivity contribution in [2.75, 3.05) is 5.32 Å². The Morgan fingerprint density at radius 3 is 2.80 bits per heavy atom. The van der Waals surface area contributed by atoms with Crippen LogP contribution in [0.5, 0.6) is 5.75 Å². The maximum atomic E-state index is 13.1. The molecule has 8 heteroatoms. The van der Waals surface area contributed by atoms with Gasteiger partial charge in [0.15, 0.2) is 11.6 Å². The first-order valence-corrected chi connectivity index (χ1v) is 5.86. The SMILES string of the molecule is O=[N+]([O-])c1cnc(NCc2ccc(O)c(F)c2)c(Cl)c1. The second kappa shape index (κ2) is 5.70. The molecule has 0 aliphatic heterocycles. The van der Waals surface area contributed by atoms with E-state index in [0.29, 0.717) is 5.56 Å². The topological polar surface area (TPSA) is 88.3 Å². The number of nitrogens with one attached hydrogen (secondary N) is 1. The molecule has 1 aromatic heterocycles. The largest absolute Gasteiger partial charge is 0.505 e. The van der Waals surface area contributed by atoms with Crippen LogP contribution in [0.1, 0.15) is 5.56 Å². The van der Waals surface area contributed by atoms with E-state index in [2.05, 4.69) is 10.3 Å². The van der Waals surface area contributed by atoms with Gasteiger partial charge in [-0.25, -0.2) is 9.37 Å². The lowest BCUT2D eigenvalue weighted by Gasteiger charge is -2.07. The van der Waals surface area contributed by atoms with E-state index in [9.17, 15) is 14.5 Å². The number of hydrogen-bond acceptors (Lipinski definition) is 5. The maximum Gasteiger partial charge on any atom is 0.289 e. The fourth-order valence-electron chi connectivity index (χ4n) is 1.50. The minimum Gasteiger partial charge on any atom is -0.505 e. The van der Waals surface area contributed by atoms with Crippen molar-refractivity contribution in [2.45, 2.75) is 6.54 Å². The van der Waals surface area contributed by atoms with Gasteiger partial charge in [-0.05, 0) is 17.7 Å². The molecule has 0 aliphatic rings. The molecule has 2 N–H and O–H groups in total. The summed E-state index contributed by atoms with van der Waals surface area (Å²) in [5, 5.41) is 22.5. The van der Waals surface area contributed by atoms with Crippen LogP contribution in [0.4, 0.5) is 15.9 Å². The summed E-state index contributed by atoms with van der Waals surface area (Å²) in [5.74, 6) is -0.905. The van der Waals surface area contributed by atoms with Crippen LogP contribution < -0.4 is 5.32 Å². The van der Waals surface area contributed by atoms with Crippen LogP contribution in [-0.2, 0) is 6.54 Å². The van der Waals surface area contributed by atoms with E-state index in [-0.39, 0.29) is 23.1 Å². The average Bonchev–Trinajstić information content (AvgIpc) is 2.41. The molecule has 0 amide bonds. The number of halogens is 2. The van der Waals surface area contributed by atoms with E-state index in [1.54, 1.807) is 0 Å². The zero-order chi connectivity index (χ0) is 14.7. The Labute approximate surface area is 118 Å². The Morgan fingerprint density at radius 2 is 2.20 bits per heavy atom. The number of phenols is 1. The third-order valence-corrected chi connectivity index (χ3v) is 2.80. The third kappa shape index (κ3) is 3.12. The number of pyridine rings is 1. The molecule has 0 saturated carbocycles. The van der Waals surface area contributed by atoms with Crippen LogP contribution >= 0.6 is 11.6 Å². The first kappa shape index (κ1) is 14.0. The van der Waals surface area contributed by atoms with E-state index in [1.165, 1.54) is 24.3 Å². The van der Waals surface area contributed by atoms with Crippen molar-refractivity contribution >= 4 is 23.1 Å². The summed E-state index contributed by atoms with van der Waals surface area (Å²) in [6.45, 7) is 0.210. The minimum atomic E-state index is -0.730. The van der Waals surface area contributed by atoms with Gasteiger partial charge in [0.1, 0.15) is 12.0 Å². The molecule has 0 unspecified atom stereocenters. The molecule has 0 saturated heterocycles. The van der Waals surface area contributed by atoms with Crippen LogP contribution in [0.25, 0.3) is 0 Å². The lowest BCUT2D eigenvalue weighted by molar-refractivity contribution is -0.385. The number of aromatic nitrogens is 1. The fraction of sp³-hybridized carbons (Fsp3) is 0.0833. The van der Waals surface area contributed by atoms with E-state index >= 15 is 0 Å². The van der Waals surface area contributed by atoms with Crippen molar-refractivity contribution in [3.63, 3.8) is 0 Å². The monoisotopic (exact) mass is 297 g/mol. The summed E-state index contributed by atoms with van der Waals surface area (Å²) in [6, 6.07) is 5.11. The molecule has 0 bridgehead atoms. The smallest absolute Gasteiger partial charge is 0.289 e. The zero-order valence-electron chi connectivity index (χ0n) is 10.0. The van der Waals surface area contributed by atoms with E-state index in [0.717, 1.165) is 6.20 Å². The lowest BCUT2D eigenvalue weighted by atomic mass is 10.2. The standard InChI is InChI=1S/C12H9ClFN3O3/c13-9-4-8(17(19)20)6-16-12(9)15-5-7-1-2-11(18)10(14)3-7/h1-4,6,18H,5H2,(H,15,16). The van der Waals surface area contributed by atoms with Crippen LogP contribution in [0.15, 0.2) is 30.5 Å². The highest BCUT2D eigenvalue weighted by molar-refractivity contribution is 6.33. The number of anilines is 1. The zero-order valence-corrected chi connectivity index (χ0v) is 10.8. The predicted octanol–water partition coefficient (Wildman–Crippen LogP) is 3.10. The maximum absolute atomic E-state index is 13.1. The van der Waals surface area contributed by atoms with Gasteiger partial charge in [0.2, 0.25) is 0 Å². The molecule has 20 heavy (non-hydrogen) atoms. The number of nitrogens with zero attached hydrogens (tertiary/aromatic N) is 2. The molecule has 0 fully saturated rings. The molecule has 1 aromatic carbocycles. The predicted molar refractivity (Wildman–Crippen MR) is 71.3 cm³/mol. The number of hydrogen-bond donors (Lipinski definition) is 2. The van der Waals surface area contributed by atoms with Gasteiger partial charge in [0.25, 0.3) is 5.69 Å². The van der Waals surface area contributed by atoms with E-state index < -0.39 is 16.5 Å². The normalized spacial score (nSPS) is 10.3. The van der Waals surface area contributed by atoms with Crippen molar-refractivity contribution in [1.82, 2.24) is 4.98 Å². The van der Waals surface area contributed by atoms with Crippen molar-refractivity contribution in [3.05, 3.63) is 57.0 Å². The number of rotatable bonds is 4. The molecule has 2 aromatic rings. The van der Waals surface area contributed by atoms with Gasteiger partial charge in [-0.3, -0.25) is 10.1 Å². The molecular weight excluding hydrogens is 289 g/mol. The number of phenolic OH excluding ortho intramolecular Hbond substituents is 1. The van der Waals surface area contributed by atoms with Crippen molar-refractivity contribution in [2.24, 2.45) is 0 Å². The number of nitro groups is 1. The fourth-order valence-corrected chi connectivity index (χ4v) is 1.73. The van der Waals surface area contributed by atoms with Crippen LogP contribution in [-0.4, -0.2) is 15.0 Å². The first-order valence-electron chi connectivity index (χ1n) is 5.48. The molecule has 0 atom stereocenters. The van der Waals surface area contributed by atoms with Crippen molar-refractivity contribution < 1.29 is 14.4 Å². The Morgan fingerprint density at radius 1 is 1.45 bits per heavy atom. The second-order valence-electron chi connectivity index (χ2n) is 3.92. The van der Waals surface area contributed by atoms with Gasteiger partial charge < -0.3 is 10.4 Å². The third-order valence-electron chi connectivity index (χ3n) is 2.51. The lowest BCUT2D eigenvalue weighted by Crippen LogP contribution is -2.03. The van der Waals surface area contributed by atoms with Crippen LogP contribution in [0, 0.1) is 15.9 Å². The Hall–Kier alpha value is -2.41. The summed E-state index contributed by atoms with van der Waals surface area (Å²) in [7, 11) is 0. The second-order valence-corrected chi connectivity index (χ2v) is 4.33. The van der Waals surface area contributed by atoms with Crippen molar-refractivity contribution in [1.29, 1.82) is 0 Å². The summed E-state index contributed by atoms with van der Waals surface area (Å²) in [4.78, 5) is 13.8. The first-order chi connectivity index (χ1) is 9.47. The van der Waals surface area contributed by atoms with Gasteiger partial charge in [0, 0.05) is 12.6 Å². The Balaban J connectivity index is 2.10. The molecular formula is C12H9ClFN3O3. The highest BCUT2D eigenvalue weighted by atomic mass is 35.5. The molecule has 2 rings (SSSR count). The summed E-state index contributed by atoms with van der Waals surface area (Å²) in [5.41, 5.74) is 0.354. The molecule has 6 nitrogen and oxygen atoms in total. The Kier molecular flexibility index (Phi) is 3.99. The van der Waals surface area contributed by atoms with Gasteiger partial charge in [-0.2, -0.15) is 0 Å².